The van der Waals surface area contributed by atoms with Crippen LogP contribution in [0.1, 0.15) is 11.1 Å². The number of rotatable bonds is 4. The molecule has 0 amide bonds. The number of nitrogens with zero attached hydrogens (tertiary/aromatic N) is 3. The summed E-state index contributed by atoms with van der Waals surface area (Å²) in [4.78, 5) is 11.7. The summed E-state index contributed by atoms with van der Waals surface area (Å²) in [5.74, 6) is 0.900. The number of aromatic nitrogens is 2. The van der Waals surface area contributed by atoms with Gasteiger partial charge in [0.15, 0.2) is 0 Å². The monoisotopic (exact) mass is 298 g/mol. The summed E-state index contributed by atoms with van der Waals surface area (Å²) in [7, 11) is 4.11. The van der Waals surface area contributed by atoms with Gasteiger partial charge in [-0.2, -0.15) is 0 Å². The summed E-state index contributed by atoms with van der Waals surface area (Å²) >= 11 is 1.63. The van der Waals surface area contributed by atoms with Crippen molar-refractivity contribution >= 4 is 33.1 Å². The van der Waals surface area contributed by atoms with E-state index in [1.807, 2.05) is 5.38 Å². The Bertz CT molecular complexity index is 764. The van der Waals surface area contributed by atoms with Crippen molar-refractivity contribution < 1.29 is 0 Å². The third kappa shape index (κ3) is 2.83. The maximum Gasteiger partial charge on any atom is 0.138 e. The molecule has 4 nitrogen and oxygen atoms in total. The Labute approximate surface area is 128 Å². The second-order valence-corrected chi connectivity index (χ2v) is 6.12. The van der Waals surface area contributed by atoms with Gasteiger partial charge in [-0.3, -0.25) is 0 Å². The van der Waals surface area contributed by atoms with E-state index in [0.717, 1.165) is 22.6 Å². The lowest BCUT2D eigenvalue weighted by Crippen LogP contribution is -2.10. The van der Waals surface area contributed by atoms with E-state index in [-0.39, 0.29) is 0 Å². The Morgan fingerprint density at radius 2 is 2.05 bits per heavy atom. The molecule has 1 aromatic carbocycles. The maximum atomic E-state index is 4.35. The second-order valence-electron chi connectivity index (χ2n) is 5.22. The first kappa shape index (κ1) is 13.8. The van der Waals surface area contributed by atoms with Crippen LogP contribution in [0, 0.1) is 6.92 Å². The van der Waals surface area contributed by atoms with Crippen molar-refractivity contribution in [3.05, 3.63) is 47.1 Å². The lowest BCUT2D eigenvalue weighted by Gasteiger charge is -2.15. The van der Waals surface area contributed by atoms with Crippen LogP contribution in [0.2, 0.25) is 0 Å². The standard InChI is InChI=1S/C16H18N4S/c1-11-8-13(20(2)3)5-4-12(11)9-17-15-14-6-7-21-16(14)19-10-18-15/h4-8,10H,9H2,1-3H3,(H,17,18,19). The van der Waals surface area contributed by atoms with Crippen LogP contribution in [0.5, 0.6) is 0 Å². The molecular weight excluding hydrogens is 280 g/mol. The van der Waals surface area contributed by atoms with Crippen LogP contribution < -0.4 is 10.2 Å². The fraction of sp³-hybridized carbons (Fsp3) is 0.250. The number of anilines is 2. The number of nitrogens with one attached hydrogen (secondary N) is 1. The highest BCUT2D eigenvalue weighted by Gasteiger charge is 2.06. The van der Waals surface area contributed by atoms with Crippen molar-refractivity contribution in [2.75, 3.05) is 24.3 Å². The summed E-state index contributed by atoms with van der Waals surface area (Å²) < 4.78 is 0. The van der Waals surface area contributed by atoms with Crippen molar-refractivity contribution in [1.82, 2.24) is 9.97 Å². The van der Waals surface area contributed by atoms with Gasteiger partial charge in [0.25, 0.3) is 0 Å². The zero-order chi connectivity index (χ0) is 14.8. The van der Waals surface area contributed by atoms with Crippen molar-refractivity contribution in [2.45, 2.75) is 13.5 Å². The molecular formula is C16H18N4S. The quantitative estimate of drug-likeness (QED) is 0.798. The Morgan fingerprint density at radius 3 is 2.81 bits per heavy atom. The van der Waals surface area contributed by atoms with Crippen molar-refractivity contribution in [2.24, 2.45) is 0 Å². The molecule has 0 aliphatic heterocycles. The van der Waals surface area contributed by atoms with Gasteiger partial charge in [0.2, 0.25) is 0 Å². The molecule has 3 rings (SSSR count). The van der Waals surface area contributed by atoms with Crippen molar-refractivity contribution in [3.63, 3.8) is 0 Å². The zero-order valence-electron chi connectivity index (χ0n) is 12.4. The molecule has 0 atom stereocenters. The molecule has 0 radical (unpaired) electrons. The molecule has 0 bridgehead atoms. The fourth-order valence-corrected chi connectivity index (χ4v) is 3.00. The van der Waals surface area contributed by atoms with Gasteiger partial charge in [-0.1, -0.05) is 6.07 Å². The first-order valence-corrected chi connectivity index (χ1v) is 7.72. The molecule has 0 spiro atoms. The third-order valence-corrected chi connectivity index (χ3v) is 4.37. The number of hydrogen-bond donors (Lipinski definition) is 1. The second kappa shape index (κ2) is 5.69. The van der Waals surface area contributed by atoms with Crippen molar-refractivity contribution in [3.8, 4) is 0 Å². The summed E-state index contributed by atoms with van der Waals surface area (Å²) in [6.07, 6.45) is 1.61. The lowest BCUT2D eigenvalue weighted by atomic mass is 10.1. The van der Waals surface area contributed by atoms with Gasteiger partial charge in [0.05, 0.1) is 5.39 Å². The van der Waals surface area contributed by atoms with E-state index in [9.17, 15) is 0 Å². The molecule has 5 heteroatoms. The van der Waals surface area contributed by atoms with Crippen LogP contribution in [0.25, 0.3) is 10.2 Å². The molecule has 1 N–H and O–H groups in total. The van der Waals surface area contributed by atoms with Gasteiger partial charge in [-0.15, -0.1) is 11.3 Å². The smallest absolute Gasteiger partial charge is 0.138 e. The fourth-order valence-electron chi connectivity index (χ4n) is 2.27. The van der Waals surface area contributed by atoms with Crippen LogP contribution in [0.4, 0.5) is 11.5 Å². The first-order chi connectivity index (χ1) is 10.1. The molecule has 2 aromatic heterocycles. The van der Waals surface area contributed by atoms with E-state index >= 15 is 0 Å². The van der Waals surface area contributed by atoms with Gasteiger partial charge in [0.1, 0.15) is 17.0 Å². The van der Waals surface area contributed by atoms with Gasteiger partial charge in [-0.05, 0) is 41.6 Å². The van der Waals surface area contributed by atoms with Gasteiger partial charge < -0.3 is 10.2 Å². The van der Waals surface area contributed by atoms with E-state index in [1.54, 1.807) is 17.7 Å². The number of aryl methyl sites for hydroxylation is 1. The topological polar surface area (TPSA) is 41.0 Å². The van der Waals surface area contributed by atoms with E-state index < -0.39 is 0 Å². The van der Waals surface area contributed by atoms with Crippen LogP contribution in [0.15, 0.2) is 36.0 Å². The average Bonchev–Trinajstić information content (AvgIpc) is 2.94. The molecule has 21 heavy (non-hydrogen) atoms. The minimum absolute atomic E-state index is 0.765. The summed E-state index contributed by atoms with van der Waals surface area (Å²) in [6.45, 7) is 2.91. The molecule has 0 saturated carbocycles. The zero-order valence-corrected chi connectivity index (χ0v) is 13.2. The molecule has 0 saturated heterocycles. The van der Waals surface area contributed by atoms with Crippen LogP contribution in [-0.2, 0) is 6.54 Å². The Balaban J connectivity index is 1.80. The number of hydrogen-bond acceptors (Lipinski definition) is 5. The van der Waals surface area contributed by atoms with Gasteiger partial charge in [-0.25, -0.2) is 9.97 Å². The summed E-state index contributed by atoms with van der Waals surface area (Å²) in [5.41, 5.74) is 3.78. The highest BCUT2D eigenvalue weighted by atomic mass is 32.1. The molecule has 2 heterocycles. The van der Waals surface area contributed by atoms with Gasteiger partial charge in [0, 0.05) is 26.3 Å². The first-order valence-electron chi connectivity index (χ1n) is 6.84. The predicted molar refractivity (Wildman–Crippen MR) is 90.2 cm³/mol. The molecule has 0 aliphatic rings. The average molecular weight is 298 g/mol. The van der Waals surface area contributed by atoms with E-state index in [4.69, 9.17) is 0 Å². The molecule has 0 fully saturated rings. The van der Waals surface area contributed by atoms with Crippen LogP contribution in [-0.4, -0.2) is 24.1 Å². The van der Waals surface area contributed by atoms with Gasteiger partial charge >= 0.3 is 0 Å². The highest BCUT2D eigenvalue weighted by Crippen LogP contribution is 2.25. The molecule has 0 aliphatic carbocycles. The minimum atomic E-state index is 0.765. The predicted octanol–water partition coefficient (Wildman–Crippen LogP) is 3.68. The molecule has 0 unspecified atom stereocenters. The largest absolute Gasteiger partial charge is 0.378 e. The van der Waals surface area contributed by atoms with Crippen LogP contribution >= 0.6 is 11.3 Å². The van der Waals surface area contributed by atoms with E-state index in [0.29, 0.717) is 0 Å². The number of fused-ring (bicyclic) bond motifs is 1. The minimum Gasteiger partial charge on any atom is -0.378 e. The van der Waals surface area contributed by atoms with E-state index in [1.165, 1.54) is 16.8 Å². The van der Waals surface area contributed by atoms with Crippen molar-refractivity contribution in [1.29, 1.82) is 0 Å². The lowest BCUT2D eigenvalue weighted by molar-refractivity contribution is 1.07. The molecule has 108 valence electrons. The maximum absolute atomic E-state index is 4.35. The Hall–Kier alpha value is -2.14. The van der Waals surface area contributed by atoms with Crippen LogP contribution in [0.3, 0.4) is 0 Å². The Kier molecular flexibility index (Phi) is 3.75. The Morgan fingerprint density at radius 1 is 1.19 bits per heavy atom. The number of thiophene rings is 1. The van der Waals surface area contributed by atoms with E-state index in [2.05, 4.69) is 65.5 Å². The number of benzene rings is 1. The summed E-state index contributed by atoms with van der Waals surface area (Å²) in [5, 5.41) is 6.55. The summed E-state index contributed by atoms with van der Waals surface area (Å²) in [6, 6.07) is 8.58. The normalized spacial score (nSPS) is 10.8. The SMILES string of the molecule is Cc1cc(N(C)C)ccc1CNc1ncnc2sccc12. The third-order valence-electron chi connectivity index (χ3n) is 3.55. The molecule has 3 aromatic rings. The highest BCUT2D eigenvalue weighted by molar-refractivity contribution is 7.16.